The summed E-state index contributed by atoms with van der Waals surface area (Å²) in [6, 6.07) is 13.9. The van der Waals surface area contributed by atoms with E-state index in [9.17, 15) is 14.4 Å². The van der Waals surface area contributed by atoms with Crippen molar-refractivity contribution in [2.24, 2.45) is 5.92 Å². The van der Waals surface area contributed by atoms with Gasteiger partial charge in [0.2, 0.25) is 12.6 Å². The van der Waals surface area contributed by atoms with Crippen LogP contribution < -0.4 is 30.7 Å². The van der Waals surface area contributed by atoms with E-state index in [1.807, 2.05) is 43.3 Å². The Morgan fingerprint density at radius 3 is 2.36 bits per heavy atom. The van der Waals surface area contributed by atoms with Crippen molar-refractivity contribution in [1.82, 2.24) is 21.3 Å². The quantitative estimate of drug-likeness (QED) is 0.317. The molecule has 9 nitrogen and oxygen atoms in total. The Balaban J connectivity index is 1.47. The van der Waals surface area contributed by atoms with Crippen LogP contribution in [0.5, 0.6) is 11.5 Å². The molecule has 194 valence electrons. The highest BCUT2D eigenvalue weighted by atomic mass is 16.7. The number of rotatable bonds is 13. The van der Waals surface area contributed by atoms with Crippen LogP contribution in [0.3, 0.4) is 0 Å². The number of fused-ring (bicyclic) bond motifs is 1. The normalized spacial score (nSPS) is 13.7. The second-order valence-corrected chi connectivity index (χ2v) is 9.24. The van der Waals surface area contributed by atoms with Gasteiger partial charge < -0.3 is 30.7 Å². The number of benzene rings is 2. The largest absolute Gasteiger partial charge is 0.454 e. The Hall–Kier alpha value is -3.59. The Bertz CT molecular complexity index is 1030. The van der Waals surface area contributed by atoms with Crippen molar-refractivity contribution in [1.29, 1.82) is 0 Å². The molecule has 9 heteroatoms. The highest BCUT2D eigenvalue weighted by Crippen LogP contribution is 2.32. The topological polar surface area (TPSA) is 118 Å². The molecule has 2 aromatic carbocycles. The molecule has 36 heavy (non-hydrogen) atoms. The van der Waals surface area contributed by atoms with Crippen molar-refractivity contribution in [2.45, 2.75) is 58.8 Å². The number of carbonyl (C=O) groups is 3. The molecule has 1 aliphatic heterocycles. The zero-order chi connectivity index (χ0) is 25.9. The molecule has 1 unspecified atom stereocenters. The Kier molecular flexibility index (Phi) is 10.1. The minimum absolute atomic E-state index is 0.175. The van der Waals surface area contributed by atoms with Crippen molar-refractivity contribution in [3.8, 4) is 11.5 Å². The number of hydrogen-bond acceptors (Lipinski definition) is 6. The molecule has 0 saturated carbocycles. The van der Waals surface area contributed by atoms with E-state index in [1.165, 1.54) is 0 Å². The first kappa shape index (κ1) is 27.0. The summed E-state index contributed by atoms with van der Waals surface area (Å²) in [6.45, 7) is 7.17. The average Bonchev–Trinajstić information content (AvgIpc) is 3.34. The Morgan fingerprint density at radius 1 is 0.917 bits per heavy atom. The molecule has 4 N–H and O–H groups in total. The van der Waals surface area contributed by atoms with E-state index in [0.29, 0.717) is 36.9 Å². The SMILES string of the molecule is CCC(NC[C@H](CC(C)C)NC(=O)NCc1ccccc1)C(=O)C(=O)NCc1ccc2c(c1)OCO2. The van der Waals surface area contributed by atoms with E-state index in [-0.39, 0.29) is 25.4 Å². The summed E-state index contributed by atoms with van der Waals surface area (Å²) in [5.41, 5.74) is 1.82. The lowest BCUT2D eigenvalue weighted by Crippen LogP contribution is -2.51. The lowest BCUT2D eigenvalue weighted by atomic mass is 10.0. The second-order valence-electron chi connectivity index (χ2n) is 9.24. The van der Waals surface area contributed by atoms with Crippen LogP contribution in [-0.2, 0) is 22.7 Å². The molecule has 0 bridgehead atoms. The summed E-state index contributed by atoms with van der Waals surface area (Å²) >= 11 is 0. The third kappa shape index (κ3) is 8.27. The number of urea groups is 1. The molecular formula is C27H36N4O5. The van der Waals surface area contributed by atoms with E-state index in [1.54, 1.807) is 12.1 Å². The summed E-state index contributed by atoms with van der Waals surface area (Å²) in [5, 5.41) is 11.7. The van der Waals surface area contributed by atoms with Gasteiger partial charge >= 0.3 is 6.03 Å². The van der Waals surface area contributed by atoms with Crippen LogP contribution in [0.2, 0.25) is 0 Å². The highest BCUT2D eigenvalue weighted by molar-refractivity contribution is 6.38. The lowest BCUT2D eigenvalue weighted by molar-refractivity contribution is -0.139. The maximum Gasteiger partial charge on any atom is 0.315 e. The van der Waals surface area contributed by atoms with Gasteiger partial charge in [-0.25, -0.2) is 4.79 Å². The van der Waals surface area contributed by atoms with Gasteiger partial charge in [-0.15, -0.1) is 0 Å². The minimum Gasteiger partial charge on any atom is -0.454 e. The van der Waals surface area contributed by atoms with Crippen LogP contribution in [0.15, 0.2) is 48.5 Å². The van der Waals surface area contributed by atoms with Gasteiger partial charge in [0.05, 0.1) is 6.04 Å². The maximum absolute atomic E-state index is 12.8. The number of hydrogen-bond donors (Lipinski definition) is 4. The average molecular weight is 497 g/mol. The van der Waals surface area contributed by atoms with Gasteiger partial charge in [-0.2, -0.15) is 0 Å². The summed E-state index contributed by atoms with van der Waals surface area (Å²) in [4.78, 5) is 37.8. The van der Waals surface area contributed by atoms with Crippen molar-refractivity contribution in [2.75, 3.05) is 13.3 Å². The van der Waals surface area contributed by atoms with E-state index < -0.39 is 17.7 Å². The number of Topliss-reactive ketones (excluding diaryl/α,β-unsaturated/α-hetero) is 1. The first-order valence-electron chi connectivity index (χ1n) is 12.4. The van der Waals surface area contributed by atoms with Crippen LogP contribution in [0.1, 0.15) is 44.7 Å². The second kappa shape index (κ2) is 13.5. The zero-order valence-corrected chi connectivity index (χ0v) is 21.1. The van der Waals surface area contributed by atoms with E-state index in [4.69, 9.17) is 9.47 Å². The number of ether oxygens (including phenoxy) is 2. The van der Waals surface area contributed by atoms with E-state index in [0.717, 1.165) is 17.5 Å². The lowest BCUT2D eigenvalue weighted by Gasteiger charge is -2.24. The fourth-order valence-corrected chi connectivity index (χ4v) is 3.96. The van der Waals surface area contributed by atoms with Gasteiger partial charge in [0.25, 0.3) is 5.91 Å². The third-order valence-corrected chi connectivity index (χ3v) is 5.84. The van der Waals surface area contributed by atoms with Gasteiger partial charge in [-0.1, -0.05) is 57.2 Å². The maximum atomic E-state index is 12.8. The molecule has 3 amide bonds. The van der Waals surface area contributed by atoms with Crippen LogP contribution >= 0.6 is 0 Å². The summed E-state index contributed by atoms with van der Waals surface area (Å²) in [7, 11) is 0. The molecule has 2 aromatic rings. The van der Waals surface area contributed by atoms with Crippen molar-refractivity contribution < 1.29 is 23.9 Å². The molecule has 0 saturated heterocycles. The molecule has 3 rings (SSSR count). The number of nitrogens with one attached hydrogen (secondary N) is 4. The molecule has 2 atom stereocenters. The molecule has 1 aliphatic rings. The van der Waals surface area contributed by atoms with Crippen LogP contribution in [0.4, 0.5) is 4.79 Å². The number of amides is 3. The fourth-order valence-electron chi connectivity index (χ4n) is 3.96. The molecule has 0 aliphatic carbocycles. The van der Waals surface area contributed by atoms with Crippen LogP contribution in [-0.4, -0.2) is 43.1 Å². The highest BCUT2D eigenvalue weighted by Gasteiger charge is 2.25. The first-order chi connectivity index (χ1) is 17.4. The van der Waals surface area contributed by atoms with Crippen molar-refractivity contribution in [3.63, 3.8) is 0 Å². The van der Waals surface area contributed by atoms with E-state index in [2.05, 4.69) is 35.1 Å². The summed E-state index contributed by atoms with van der Waals surface area (Å²) < 4.78 is 10.6. The molecule has 0 fully saturated rings. The monoisotopic (exact) mass is 496 g/mol. The van der Waals surface area contributed by atoms with E-state index >= 15 is 0 Å². The molecule has 0 radical (unpaired) electrons. The van der Waals surface area contributed by atoms with Crippen molar-refractivity contribution in [3.05, 3.63) is 59.7 Å². The Labute approximate surface area is 212 Å². The van der Waals surface area contributed by atoms with Gasteiger partial charge in [-0.3, -0.25) is 9.59 Å². The number of carbonyl (C=O) groups excluding carboxylic acids is 3. The first-order valence-corrected chi connectivity index (χ1v) is 12.4. The number of ketones is 1. The fraction of sp³-hybridized carbons (Fsp3) is 0.444. The summed E-state index contributed by atoms with van der Waals surface area (Å²) in [6.07, 6.45) is 1.18. The van der Waals surface area contributed by atoms with Crippen LogP contribution in [0.25, 0.3) is 0 Å². The predicted octanol–water partition coefficient (Wildman–Crippen LogP) is 2.88. The predicted molar refractivity (Wildman–Crippen MR) is 137 cm³/mol. The van der Waals surface area contributed by atoms with Gasteiger partial charge in [0.1, 0.15) is 0 Å². The molecule has 0 spiro atoms. The standard InChI is InChI=1S/C27H36N4O5/c1-4-22(25(32)26(33)29-15-20-10-11-23-24(13-20)36-17-35-23)28-16-21(12-18(2)3)31-27(34)30-14-19-8-6-5-7-9-19/h5-11,13,18,21-22,28H,4,12,14-17H2,1-3H3,(H,29,33)(H2,30,31,34)/t21-,22?/m0/s1. The third-order valence-electron chi connectivity index (χ3n) is 5.84. The minimum atomic E-state index is -0.652. The smallest absolute Gasteiger partial charge is 0.315 e. The van der Waals surface area contributed by atoms with Crippen LogP contribution in [0, 0.1) is 5.92 Å². The van der Waals surface area contributed by atoms with Crippen molar-refractivity contribution >= 4 is 17.7 Å². The Morgan fingerprint density at radius 2 is 1.64 bits per heavy atom. The van der Waals surface area contributed by atoms with Gasteiger partial charge in [-0.05, 0) is 42.0 Å². The van der Waals surface area contributed by atoms with Gasteiger partial charge in [0, 0.05) is 25.7 Å². The molecular weight excluding hydrogens is 460 g/mol. The molecule has 0 aromatic heterocycles. The molecule has 1 heterocycles. The zero-order valence-electron chi connectivity index (χ0n) is 21.1. The summed E-state index contributed by atoms with van der Waals surface area (Å²) in [5.74, 6) is 0.440. The van der Waals surface area contributed by atoms with Gasteiger partial charge in [0.15, 0.2) is 11.5 Å².